The number of nitrogens with one attached hydrogen (secondary N) is 2. The summed E-state index contributed by atoms with van der Waals surface area (Å²) in [5.41, 5.74) is 1.95. The van der Waals surface area contributed by atoms with Gasteiger partial charge >= 0.3 is 0 Å². The third-order valence-corrected chi connectivity index (χ3v) is 4.48. The minimum Gasteiger partial charge on any atom is -0.494 e. The van der Waals surface area contributed by atoms with Crippen molar-refractivity contribution in [3.63, 3.8) is 0 Å². The van der Waals surface area contributed by atoms with Crippen molar-refractivity contribution in [2.45, 2.75) is 32.6 Å². The van der Waals surface area contributed by atoms with Crippen molar-refractivity contribution in [2.24, 2.45) is 0 Å². The lowest BCUT2D eigenvalue weighted by molar-refractivity contribution is -0.117. The Labute approximate surface area is 144 Å². The molecule has 2 N–H and O–H groups in total. The van der Waals surface area contributed by atoms with Crippen molar-refractivity contribution in [2.75, 3.05) is 17.2 Å². The number of hydrogen-bond donors (Lipinski definition) is 2. The predicted molar refractivity (Wildman–Crippen MR) is 93.6 cm³/mol. The van der Waals surface area contributed by atoms with Crippen molar-refractivity contribution < 1.29 is 14.3 Å². The number of fused-ring (bicyclic) bond motifs is 1. The number of hydrogen-bond acceptors (Lipinski definition) is 5. The fourth-order valence-corrected chi connectivity index (χ4v) is 3.15. The second-order valence-corrected chi connectivity index (χ2v) is 6.88. The van der Waals surface area contributed by atoms with E-state index in [0.717, 1.165) is 28.3 Å². The summed E-state index contributed by atoms with van der Waals surface area (Å²) in [7, 11) is 0. The van der Waals surface area contributed by atoms with Crippen LogP contribution in [0.25, 0.3) is 0 Å². The number of ether oxygens (including phenoxy) is 1. The predicted octanol–water partition coefficient (Wildman–Crippen LogP) is 3.13. The number of benzene rings is 1. The van der Waals surface area contributed by atoms with Gasteiger partial charge < -0.3 is 15.4 Å². The fourth-order valence-electron chi connectivity index (χ4n) is 2.47. The van der Waals surface area contributed by atoms with E-state index < -0.39 is 0 Å². The Balaban J connectivity index is 1.42. The molecule has 1 aromatic carbocycles. The van der Waals surface area contributed by atoms with Crippen molar-refractivity contribution in [1.82, 2.24) is 4.98 Å². The van der Waals surface area contributed by atoms with Gasteiger partial charge in [-0.05, 0) is 43.5 Å². The molecule has 3 rings (SSSR count). The van der Waals surface area contributed by atoms with Gasteiger partial charge in [-0.3, -0.25) is 9.59 Å². The first-order valence-electron chi connectivity index (χ1n) is 7.88. The molecule has 0 unspecified atom stereocenters. The number of carbonyl (C=O) groups is 2. The molecule has 0 aliphatic carbocycles. The maximum atomic E-state index is 11.8. The molecule has 1 aliphatic rings. The van der Waals surface area contributed by atoms with Gasteiger partial charge in [0.2, 0.25) is 11.8 Å². The molecule has 2 amide bonds. The SMILES string of the molecule is Cc1cnc(NC(=O)CCCOc2ccc3c(c2)CCC(=O)N3)s1. The van der Waals surface area contributed by atoms with Gasteiger partial charge in [0.25, 0.3) is 0 Å². The molecule has 126 valence electrons. The van der Waals surface area contributed by atoms with Crippen LogP contribution in [-0.4, -0.2) is 23.4 Å². The first-order valence-corrected chi connectivity index (χ1v) is 8.69. The minimum absolute atomic E-state index is 0.0533. The zero-order valence-electron chi connectivity index (χ0n) is 13.4. The van der Waals surface area contributed by atoms with Crippen molar-refractivity contribution in [3.8, 4) is 5.75 Å². The van der Waals surface area contributed by atoms with E-state index >= 15 is 0 Å². The molecule has 0 spiro atoms. The Morgan fingerprint density at radius 3 is 3.08 bits per heavy atom. The average molecular weight is 345 g/mol. The van der Waals surface area contributed by atoms with E-state index in [4.69, 9.17) is 4.74 Å². The topological polar surface area (TPSA) is 80.3 Å². The Hall–Kier alpha value is -2.41. The summed E-state index contributed by atoms with van der Waals surface area (Å²) >= 11 is 1.46. The van der Waals surface area contributed by atoms with Gasteiger partial charge in [-0.2, -0.15) is 0 Å². The van der Waals surface area contributed by atoms with Crippen LogP contribution < -0.4 is 15.4 Å². The second kappa shape index (κ2) is 7.44. The molecule has 0 fully saturated rings. The maximum absolute atomic E-state index is 11.8. The number of amides is 2. The first kappa shape index (κ1) is 16.4. The number of anilines is 2. The lowest BCUT2D eigenvalue weighted by Crippen LogP contribution is -2.18. The van der Waals surface area contributed by atoms with Crippen molar-refractivity contribution in [1.29, 1.82) is 0 Å². The number of rotatable bonds is 6. The Morgan fingerprint density at radius 1 is 1.42 bits per heavy atom. The number of thiazole rings is 1. The summed E-state index contributed by atoms with van der Waals surface area (Å²) in [6.45, 7) is 2.42. The van der Waals surface area contributed by atoms with Gasteiger partial charge in [-0.25, -0.2) is 4.98 Å². The molecular formula is C17H19N3O3S. The standard InChI is InChI=1S/C17H19N3O3S/c1-11-10-18-17(24-11)20-15(21)3-2-8-23-13-5-6-14-12(9-13)4-7-16(22)19-14/h5-6,9-10H,2-4,7-8H2,1H3,(H,19,22)(H,18,20,21). The van der Waals surface area contributed by atoms with Crippen LogP contribution in [0.1, 0.15) is 29.7 Å². The number of carbonyl (C=O) groups excluding carboxylic acids is 2. The largest absolute Gasteiger partial charge is 0.494 e. The molecule has 1 aliphatic heterocycles. The zero-order valence-corrected chi connectivity index (χ0v) is 14.2. The average Bonchev–Trinajstić information content (AvgIpc) is 2.96. The van der Waals surface area contributed by atoms with Crippen LogP contribution in [0.3, 0.4) is 0 Å². The highest BCUT2D eigenvalue weighted by Crippen LogP contribution is 2.26. The summed E-state index contributed by atoms with van der Waals surface area (Å²) in [6, 6.07) is 5.65. The lowest BCUT2D eigenvalue weighted by atomic mass is 10.0. The molecule has 6 nitrogen and oxygen atoms in total. The van der Waals surface area contributed by atoms with Gasteiger partial charge in [0.05, 0.1) is 6.61 Å². The van der Waals surface area contributed by atoms with E-state index in [2.05, 4.69) is 15.6 Å². The Kier molecular flexibility index (Phi) is 5.10. The van der Waals surface area contributed by atoms with E-state index in [9.17, 15) is 9.59 Å². The molecule has 0 radical (unpaired) electrons. The molecule has 24 heavy (non-hydrogen) atoms. The molecule has 0 saturated heterocycles. The Bertz CT molecular complexity index is 757. The van der Waals surface area contributed by atoms with E-state index in [1.807, 2.05) is 25.1 Å². The third-order valence-electron chi connectivity index (χ3n) is 3.66. The molecule has 0 bridgehead atoms. The van der Waals surface area contributed by atoms with E-state index in [0.29, 0.717) is 31.0 Å². The van der Waals surface area contributed by atoms with Crippen LogP contribution in [0.5, 0.6) is 5.75 Å². The van der Waals surface area contributed by atoms with E-state index in [1.165, 1.54) is 11.3 Å². The molecule has 1 aromatic heterocycles. The summed E-state index contributed by atoms with van der Waals surface area (Å²) < 4.78 is 5.70. The van der Waals surface area contributed by atoms with Crippen LogP contribution in [0, 0.1) is 6.92 Å². The maximum Gasteiger partial charge on any atom is 0.226 e. The summed E-state index contributed by atoms with van der Waals surface area (Å²) in [5.74, 6) is 0.763. The Morgan fingerprint density at radius 2 is 2.29 bits per heavy atom. The van der Waals surface area contributed by atoms with Crippen molar-refractivity contribution in [3.05, 3.63) is 34.8 Å². The normalized spacial score (nSPS) is 13.1. The minimum atomic E-state index is -0.0545. The number of aromatic nitrogens is 1. The van der Waals surface area contributed by atoms with E-state index in [-0.39, 0.29) is 11.8 Å². The van der Waals surface area contributed by atoms with Gasteiger partial charge in [0.1, 0.15) is 5.75 Å². The van der Waals surface area contributed by atoms with Gasteiger partial charge in [0.15, 0.2) is 5.13 Å². The van der Waals surface area contributed by atoms with E-state index in [1.54, 1.807) is 6.20 Å². The monoisotopic (exact) mass is 345 g/mol. The molecule has 7 heteroatoms. The van der Waals surface area contributed by atoms with Gasteiger partial charge in [0, 0.05) is 29.6 Å². The lowest BCUT2D eigenvalue weighted by Gasteiger charge is -2.17. The highest BCUT2D eigenvalue weighted by atomic mass is 32.1. The number of aryl methyl sites for hydroxylation is 2. The molecule has 0 atom stereocenters. The molecular weight excluding hydrogens is 326 g/mol. The van der Waals surface area contributed by atoms with Crippen LogP contribution in [0.2, 0.25) is 0 Å². The van der Waals surface area contributed by atoms with Gasteiger partial charge in [-0.1, -0.05) is 0 Å². The van der Waals surface area contributed by atoms with Crippen LogP contribution in [0.15, 0.2) is 24.4 Å². The molecule has 2 heterocycles. The third kappa shape index (κ3) is 4.32. The summed E-state index contributed by atoms with van der Waals surface area (Å²) in [5, 5.41) is 6.26. The quantitative estimate of drug-likeness (QED) is 0.788. The smallest absolute Gasteiger partial charge is 0.226 e. The summed E-state index contributed by atoms with van der Waals surface area (Å²) in [4.78, 5) is 28.3. The molecule has 0 saturated carbocycles. The van der Waals surface area contributed by atoms with Crippen molar-refractivity contribution >= 4 is 34.0 Å². The van der Waals surface area contributed by atoms with Crippen LogP contribution in [0.4, 0.5) is 10.8 Å². The summed E-state index contributed by atoms with van der Waals surface area (Å²) in [6.07, 6.45) is 3.99. The van der Waals surface area contributed by atoms with Crippen LogP contribution >= 0.6 is 11.3 Å². The molecule has 2 aromatic rings. The highest BCUT2D eigenvalue weighted by molar-refractivity contribution is 7.15. The van der Waals surface area contributed by atoms with Crippen LogP contribution in [-0.2, 0) is 16.0 Å². The first-order chi connectivity index (χ1) is 11.6. The highest BCUT2D eigenvalue weighted by Gasteiger charge is 2.15. The van der Waals surface area contributed by atoms with Gasteiger partial charge in [-0.15, -0.1) is 11.3 Å². The zero-order chi connectivity index (χ0) is 16.9. The number of nitrogens with zero attached hydrogens (tertiary/aromatic N) is 1. The fraction of sp³-hybridized carbons (Fsp3) is 0.353. The second-order valence-electron chi connectivity index (χ2n) is 5.64.